The molecule has 0 bridgehead atoms. The van der Waals surface area contributed by atoms with Gasteiger partial charge in [-0.1, -0.05) is 40.5 Å². The van der Waals surface area contributed by atoms with Crippen LogP contribution in [-0.2, 0) is 0 Å². The molecule has 4 unspecified atom stereocenters. The molecule has 0 heterocycles. The molecule has 2 heteroatoms. The average Bonchev–Trinajstić information content (AvgIpc) is 2.38. The first-order valence-corrected chi connectivity index (χ1v) is 8.39. The van der Waals surface area contributed by atoms with Gasteiger partial charge in [0, 0.05) is 18.6 Å². The van der Waals surface area contributed by atoms with E-state index in [1.165, 1.54) is 32.1 Å². The molecule has 114 valence electrons. The van der Waals surface area contributed by atoms with E-state index >= 15 is 0 Å². The molecule has 4 atom stereocenters. The number of nitrogens with one attached hydrogen (secondary N) is 1. The molecule has 1 rings (SSSR count). The van der Waals surface area contributed by atoms with Crippen LogP contribution in [0.1, 0.15) is 59.8 Å². The summed E-state index contributed by atoms with van der Waals surface area (Å²) >= 11 is 0. The molecular formula is C17H36N2. The Morgan fingerprint density at radius 3 is 2.16 bits per heavy atom. The minimum absolute atomic E-state index is 0.685. The average molecular weight is 268 g/mol. The lowest BCUT2D eigenvalue weighted by Crippen LogP contribution is -2.47. The third kappa shape index (κ3) is 5.07. The Hall–Kier alpha value is -0.0800. The minimum atomic E-state index is 0.685. The predicted octanol–water partition coefficient (Wildman–Crippen LogP) is 3.77. The first-order chi connectivity index (χ1) is 8.99. The highest BCUT2D eigenvalue weighted by molar-refractivity contribution is 4.83. The third-order valence-corrected chi connectivity index (χ3v) is 5.47. The topological polar surface area (TPSA) is 15.3 Å². The second kappa shape index (κ2) is 8.26. The van der Waals surface area contributed by atoms with Gasteiger partial charge in [0.2, 0.25) is 0 Å². The molecule has 1 fully saturated rings. The maximum atomic E-state index is 3.86. The minimum Gasteiger partial charge on any atom is -0.312 e. The van der Waals surface area contributed by atoms with E-state index in [-0.39, 0.29) is 0 Å². The molecule has 0 amide bonds. The maximum Gasteiger partial charge on any atom is 0.0242 e. The molecule has 0 spiro atoms. The highest BCUT2D eigenvalue weighted by atomic mass is 15.1. The van der Waals surface area contributed by atoms with E-state index in [4.69, 9.17) is 0 Å². The first-order valence-electron chi connectivity index (χ1n) is 8.39. The fourth-order valence-electron chi connectivity index (χ4n) is 3.62. The number of likely N-dealkylation sites (N-methyl/N-ethyl adjacent to an activating group) is 1. The van der Waals surface area contributed by atoms with Crippen LogP contribution in [0.3, 0.4) is 0 Å². The Kier molecular flexibility index (Phi) is 7.38. The SMILES string of the molecule is CCC(CC)C(CNC1CCC(C)C(C)C1)N(C)C. The summed E-state index contributed by atoms with van der Waals surface area (Å²) in [6, 6.07) is 1.44. The largest absolute Gasteiger partial charge is 0.312 e. The smallest absolute Gasteiger partial charge is 0.0242 e. The van der Waals surface area contributed by atoms with E-state index in [0.29, 0.717) is 6.04 Å². The van der Waals surface area contributed by atoms with Crippen LogP contribution < -0.4 is 5.32 Å². The molecule has 1 N–H and O–H groups in total. The molecule has 1 aliphatic carbocycles. The molecule has 19 heavy (non-hydrogen) atoms. The van der Waals surface area contributed by atoms with Crippen molar-refractivity contribution in [3.05, 3.63) is 0 Å². The molecule has 1 aliphatic rings. The van der Waals surface area contributed by atoms with Crippen LogP contribution in [0.5, 0.6) is 0 Å². The molecule has 2 nitrogen and oxygen atoms in total. The van der Waals surface area contributed by atoms with Gasteiger partial charge in [0.05, 0.1) is 0 Å². The summed E-state index contributed by atoms with van der Waals surface area (Å²) in [6.45, 7) is 10.6. The second-order valence-corrected chi connectivity index (χ2v) is 6.98. The maximum absolute atomic E-state index is 3.86. The van der Waals surface area contributed by atoms with Gasteiger partial charge in [-0.05, 0) is 51.1 Å². The molecule has 0 saturated heterocycles. The van der Waals surface area contributed by atoms with Crippen LogP contribution in [0.2, 0.25) is 0 Å². The van der Waals surface area contributed by atoms with Crippen molar-refractivity contribution in [3.63, 3.8) is 0 Å². The van der Waals surface area contributed by atoms with Gasteiger partial charge in [0.25, 0.3) is 0 Å². The normalized spacial score (nSPS) is 30.0. The van der Waals surface area contributed by atoms with Crippen LogP contribution in [0.4, 0.5) is 0 Å². The van der Waals surface area contributed by atoms with Crippen molar-refractivity contribution in [2.24, 2.45) is 17.8 Å². The van der Waals surface area contributed by atoms with Crippen molar-refractivity contribution in [1.82, 2.24) is 10.2 Å². The Balaban J connectivity index is 2.43. The highest BCUT2D eigenvalue weighted by Crippen LogP contribution is 2.29. The van der Waals surface area contributed by atoms with Crippen molar-refractivity contribution in [3.8, 4) is 0 Å². The van der Waals surface area contributed by atoms with E-state index in [0.717, 1.165) is 30.3 Å². The van der Waals surface area contributed by atoms with Crippen LogP contribution in [0, 0.1) is 17.8 Å². The quantitative estimate of drug-likeness (QED) is 0.756. The molecule has 0 aromatic rings. The van der Waals surface area contributed by atoms with Gasteiger partial charge < -0.3 is 10.2 Å². The van der Waals surface area contributed by atoms with E-state index < -0.39 is 0 Å². The lowest BCUT2D eigenvalue weighted by Gasteiger charge is -2.36. The zero-order chi connectivity index (χ0) is 14.4. The van der Waals surface area contributed by atoms with Crippen LogP contribution in [-0.4, -0.2) is 37.6 Å². The van der Waals surface area contributed by atoms with Crippen molar-refractivity contribution in [2.45, 2.75) is 71.9 Å². The van der Waals surface area contributed by atoms with E-state index in [9.17, 15) is 0 Å². The summed E-state index contributed by atoms with van der Waals surface area (Å²) in [7, 11) is 4.46. The van der Waals surface area contributed by atoms with Crippen molar-refractivity contribution < 1.29 is 0 Å². The molecular weight excluding hydrogens is 232 g/mol. The van der Waals surface area contributed by atoms with E-state index in [2.05, 4.69) is 52.0 Å². The van der Waals surface area contributed by atoms with Crippen LogP contribution in [0.15, 0.2) is 0 Å². The number of nitrogens with zero attached hydrogens (tertiary/aromatic N) is 1. The molecule has 0 radical (unpaired) electrons. The molecule has 0 aliphatic heterocycles. The summed E-state index contributed by atoms with van der Waals surface area (Å²) in [4.78, 5) is 2.42. The summed E-state index contributed by atoms with van der Waals surface area (Å²) in [5.74, 6) is 2.63. The van der Waals surface area contributed by atoms with Gasteiger partial charge in [-0.2, -0.15) is 0 Å². The van der Waals surface area contributed by atoms with Crippen molar-refractivity contribution in [1.29, 1.82) is 0 Å². The van der Waals surface area contributed by atoms with E-state index in [1.54, 1.807) is 0 Å². The lowest BCUT2D eigenvalue weighted by atomic mass is 9.79. The zero-order valence-corrected chi connectivity index (χ0v) is 14.1. The first kappa shape index (κ1) is 17.0. The highest BCUT2D eigenvalue weighted by Gasteiger charge is 2.26. The second-order valence-electron chi connectivity index (χ2n) is 6.98. The van der Waals surface area contributed by atoms with Crippen LogP contribution >= 0.6 is 0 Å². The molecule has 1 saturated carbocycles. The third-order valence-electron chi connectivity index (χ3n) is 5.47. The van der Waals surface area contributed by atoms with Crippen LogP contribution in [0.25, 0.3) is 0 Å². The summed E-state index contributed by atoms with van der Waals surface area (Å²) in [5, 5.41) is 3.86. The van der Waals surface area contributed by atoms with Crippen molar-refractivity contribution in [2.75, 3.05) is 20.6 Å². The van der Waals surface area contributed by atoms with Gasteiger partial charge in [-0.3, -0.25) is 0 Å². The Morgan fingerprint density at radius 1 is 1.05 bits per heavy atom. The fourth-order valence-corrected chi connectivity index (χ4v) is 3.62. The zero-order valence-electron chi connectivity index (χ0n) is 14.1. The summed E-state index contributed by atoms with van der Waals surface area (Å²) in [6.07, 6.45) is 6.72. The standard InChI is InChI=1S/C17H36N2/c1-7-15(8-2)17(19(5)6)12-18-16-10-9-13(3)14(4)11-16/h13-18H,7-12H2,1-6H3. The van der Waals surface area contributed by atoms with Gasteiger partial charge in [-0.15, -0.1) is 0 Å². The summed E-state index contributed by atoms with van der Waals surface area (Å²) in [5.41, 5.74) is 0. The Labute approximate surface area is 121 Å². The van der Waals surface area contributed by atoms with Crippen molar-refractivity contribution >= 4 is 0 Å². The number of rotatable bonds is 7. The van der Waals surface area contributed by atoms with Gasteiger partial charge in [0.15, 0.2) is 0 Å². The summed E-state index contributed by atoms with van der Waals surface area (Å²) < 4.78 is 0. The fraction of sp³-hybridized carbons (Fsp3) is 1.00. The van der Waals surface area contributed by atoms with Gasteiger partial charge >= 0.3 is 0 Å². The lowest BCUT2D eigenvalue weighted by molar-refractivity contribution is 0.170. The number of hydrogen-bond donors (Lipinski definition) is 1. The molecule has 0 aromatic carbocycles. The van der Waals surface area contributed by atoms with Gasteiger partial charge in [-0.25, -0.2) is 0 Å². The monoisotopic (exact) mass is 268 g/mol. The molecule has 0 aromatic heterocycles. The van der Waals surface area contributed by atoms with Gasteiger partial charge in [0.1, 0.15) is 0 Å². The Bertz CT molecular complexity index is 235. The van der Waals surface area contributed by atoms with E-state index in [1.807, 2.05) is 0 Å². The Morgan fingerprint density at radius 2 is 1.68 bits per heavy atom. The predicted molar refractivity (Wildman–Crippen MR) is 85.5 cm³/mol. The number of hydrogen-bond acceptors (Lipinski definition) is 2.